The number of ether oxygens (including phenoxy) is 1. The first-order valence-electron chi connectivity index (χ1n) is 7.56. The van der Waals surface area contributed by atoms with Crippen molar-refractivity contribution < 1.29 is 17.9 Å². The molecule has 0 spiro atoms. The molecule has 0 bridgehead atoms. The highest BCUT2D eigenvalue weighted by atomic mass is 35.5. The summed E-state index contributed by atoms with van der Waals surface area (Å²) in [6.07, 6.45) is -1.60. The Bertz CT molecular complexity index is 720. The van der Waals surface area contributed by atoms with Gasteiger partial charge in [0, 0.05) is 12.3 Å². The lowest BCUT2D eigenvalue weighted by molar-refractivity contribution is -0.137. The van der Waals surface area contributed by atoms with E-state index in [-0.39, 0.29) is 12.5 Å². The maximum atomic E-state index is 12.5. The molecule has 25 heavy (non-hydrogen) atoms. The third-order valence-corrected chi connectivity index (χ3v) is 3.70. The Kier molecular flexibility index (Phi) is 5.72. The lowest BCUT2D eigenvalue weighted by Crippen LogP contribution is -2.38. The zero-order valence-corrected chi connectivity index (χ0v) is 14.7. The van der Waals surface area contributed by atoms with E-state index in [1.165, 1.54) is 12.4 Å². The van der Waals surface area contributed by atoms with Crippen LogP contribution in [0, 0.1) is 0 Å². The van der Waals surface area contributed by atoms with E-state index in [9.17, 15) is 13.2 Å². The summed E-state index contributed by atoms with van der Waals surface area (Å²) in [5, 5.41) is 3.59. The topological polar surface area (TPSA) is 59.9 Å². The summed E-state index contributed by atoms with van der Waals surface area (Å²) in [6.45, 7) is 5.78. The monoisotopic (exact) mass is 374 g/mol. The van der Waals surface area contributed by atoms with Gasteiger partial charge in [-0.15, -0.1) is 0 Å². The quantitative estimate of drug-likeness (QED) is 0.813. The van der Waals surface area contributed by atoms with E-state index in [2.05, 4.69) is 20.3 Å². The molecule has 2 aromatic rings. The van der Waals surface area contributed by atoms with Crippen molar-refractivity contribution in [1.29, 1.82) is 0 Å². The van der Waals surface area contributed by atoms with Crippen LogP contribution in [0.15, 0.2) is 24.7 Å². The Hall–Kier alpha value is -2.09. The molecule has 0 unspecified atom stereocenters. The van der Waals surface area contributed by atoms with Crippen LogP contribution in [0.2, 0.25) is 5.02 Å². The molecule has 9 heteroatoms. The van der Waals surface area contributed by atoms with Gasteiger partial charge in [-0.2, -0.15) is 13.2 Å². The number of hydrogen-bond donors (Lipinski definition) is 1. The van der Waals surface area contributed by atoms with Gasteiger partial charge in [0.25, 0.3) is 0 Å². The average molecular weight is 375 g/mol. The van der Waals surface area contributed by atoms with Crippen LogP contribution in [-0.2, 0) is 12.6 Å². The van der Waals surface area contributed by atoms with Crippen molar-refractivity contribution in [3.05, 3.63) is 40.9 Å². The molecule has 0 saturated heterocycles. The summed E-state index contributed by atoms with van der Waals surface area (Å²) in [5.41, 5.74) is -0.690. The maximum Gasteiger partial charge on any atom is 0.417 e. The minimum atomic E-state index is -4.42. The molecule has 0 amide bonds. The zero-order chi connectivity index (χ0) is 18.7. The maximum absolute atomic E-state index is 12.5. The molecule has 2 heterocycles. The normalized spacial score (nSPS) is 12.1. The predicted molar refractivity (Wildman–Crippen MR) is 88.9 cm³/mol. The molecule has 2 rings (SSSR count). The van der Waals surface area contributed by atoms with Gasteiger partial charge in [0.1, 0.15) is 23.8 Å². The smallest absolute Gasteiger partial charge is 0.417 e. The molecule has 0 aliphatic carbocycles. The Balaban J connectivity index is 2.02. The summed E-state index contributed by atoms with van der Waals surface area (Å²) in [7, 11) is 0. The molecule has 136 valence electrons. The van der Waals surface area contributed by atoms with E-state index in [4.69, 9.17) is 16.3 Å². The Morgan fingerprint density at radius 1 is 1.16 bits per heavy atom. The number of aryl methyl sites for hydroxylation is 1. The molecular weight excluding hydrogens is 357 g/mol. The Morgan fingerprint density at radius 3 is 2.44 bits per heavy atom. The van der Waals surface area contributed by atoms with Crippen molar-refractivity contribution in [2.45, 2.75) is 38.9 Å². The molecule has 0 saturated carbocycles. The summed E-state index contributed by atoms with van der Waals surface area (Å²) < 4.78 is 43.0. The molecule has 1 N–H and O–H groups in total. The van der Waals surface area contributed by atoms with Crippen LogP contribution >= 0.6 is 11.6 Å². The Labute approximate surface area is 148 Å². The Morgan fingerprint density at radius 2 is 1.88 bits per heavy atom. The van der Waals surface area contributed by atoms with Crippen molar-refractivity contribution in [3.8, 4) is 5.88 Å². The van der Waals surface area contributed by atoms with E-state index in [1.807, 2.05) is 20.8 Å². The fraction of sp³-hybridized carbons (Fsp3) is 0.438. The van der Waals surface area contributed by atoms with Gasteiger partial charge >= 0.3 is 6.18 Å². The molecule has 0 atom stereocenters. The minimum Gasteiger partial charge on any atom is -0.475 e. The molecular formula is C16H18ClF3N4O. The second kappa shape index (κ2) is 7.43. The van der Waals surface area contributed by atoms with E-state index < -0.39 is 17.3 Å². The highest BCUT2D eigenvalue weighted by Crippen LogP contribution is 2.29. The number of nitrogens with one attached hydrogen (secondary N) is 1. The second-order valence-electron chi connectivity index (χ2n) is 6.02. The van der Waals surface area contributed by atoms with Crippen molar-refractivity contribution in [2.75, 3.05) is 11.9 Å². The van der Waals surface area contributed by atoms with Gasteiger partial charge < -0.3 is 10.1 Å². The second-order valence-corrected chi connectivity index (χ2v) is 6.39. The number of alkyl halides is 3. The average Bonchev–Trinajstić information content (AvgIpc) is 2.54. The molecule has 5 nitrogen and oxygen atoms in total. The molecule has 0 radical (unpaired) electrons. The van der Waals surface area contributed by atoms with E-state index in [1.54, 1.807) is 0 Å². The van der Waals surface area contributed by atoms with E-state index in [0.717, 1.165) is 18.0 Å². The van der Waals surface area contributed by atoms with Gasteiger partial charge in [-0.05, 0) is 26.3 Å². The molecule has 0 aromatic carbocycles. The van der Waals surface area contributed by atoms with Crippen LogP contribution in [0.1, 0.15) is 32.0 Å². The van der Waals surface area contributed by atoms with Crippen molar-refractivity contribution in [3.63, 3.8) is 0 Å². The van der Waals surface area contributed by atoms with E-state index in [0.29, 0.717) is 17.3 Å². The number of hydrogen-bond acceptors (Lipinski definition) is 5. The summed E-state index contributed by atoms with van der Waals surface area (Å²) in [4.78, 5) is 11.9. The fourth-order valence-electron chi connectivity index (χ4n) is 1.98. The van der Waals surface area contributed by atoms with Gasteiger partial charge in [0.05, 0.1) is 16.8 Å². The van der Waals surface area contributed by atoms with Crippen LogP contribution in [-0.4, -0.2) is 27.1 Å². The largest absolute Gasteiger partial charge is 0.475 e. The zero-order valence-electron chi connectivity index (χ0n) is 14.0. The first-order valence-corrected chi connectivity index (χ1v) is 7.94. The lowest BCUT2D eigenvalue weighted by Gasteiger charge is -2.27. The highest BCUT2D eigenvalue weighted by Gasteiger charge is 2.31. The number of nitrogens with zero attached hydrogens (tertiary/aromatic N) is 3. The highest BCUT2D eigenvalue weighted by molar-refractivity contribution is 6.33. The lowest BCUT2D eigenvalue weighted by atomic mass is 10.1. The number of anilines is 1. The van der Waals surface area contributed by atoms with E-state index >= 15 is 0 Å². The number of pyridine rings is 1. The summed E-state index contributed by atoms with van der Waals surface area (Å²) >= 11 is 6.25. The van der Waals surface area contributed by atoms with Gasteiger partial charge in [-0.1, -0.05) is 18.5 Å². The van der Waals surface area contributed by atoms with Crippen LogP contribution < -0.4 is 10.1 Å². The number of aromatic nitrogens is 3. The number of rotatable bonds is 6. The van der Waals surface area contributed by atoms with Crippen LogP contribution in [0.3, 0.4) is 0 Å². The minimum absolute atomic E-state index is 0.103. The molecule has 2 aromatic heterocycles. The SMILES string of the molecule is CCc1ncnc(NC(C)(C)COc2ccc(C(F)(F)F)cn2)c1Cl. The van der Waals surface area contributed by atoms with Gasteiger partial charge in [-0.25, -0.2) is 15.0 Å². The van der Waals surface area contributed by atoms with Crippen molar-refractivity contribution >= 4 is 17.4 Å². The van der Waals surface area contributed by atoms with Gasteiger partial charge in [0.15, 0.2) is 0 Å². The molecule has 0 aliphatic heterocycles. The number of halogens is 4. The standard InChI is InChI=1S/C16H18ClF3N4O/c1-4-11-13(17)14(23-9-22-11)24-15(2,3)8-25-12-6-5-10(7-21-12)16(18,19)20/h5-7,9H,4,8H2,1-3H3,(H,22,23,24). The first kappa shape index (κ1) is 19.2. The fourth-order valence-corrected chi connectivity index (χ4v) is 2.26. The first-order chi connectivity index (χ1) is 11.6. The summed E-state index contributed by atoms with van der Waals surface area (Å²) in [5.74, 6) is 0.577. The van der Waals surface area contributed by atoms with Gasteiger partial charge in [0.2, 0.25) is 5.88 Å². The van der Waals surface area contributed by atoms with Crippen LogP contribution in [0.25, 0.3) is 0 Å². The molecule has 0 aliphatic rings. The third-order valence-electron chi connectivity index (χ3n) is 3.30. The third kappa shape index (κ3) is 5.19. The van der Waals surface area contributed by atoms with Crippen LogP contribution in [0.4, 0.5) is 19.0 Å². The van der Waals surface area contributed by atoms with Crippen molar-refractivity contribution in [1.82, 2.24) is 15.0 Å². The predicted octanol–water partition coefficient (Wildman–Crippen LogP) is 4.38. The summed E-state index contributed by atoms with van der Waals surface area (Å²) in [6, 6.07) is 2.11. The van der Waals surface area contributed by atoms with Crippen molar-refractivity contribution in [2.24, 2.45) is 0 Å². The van der Waals surface area contributed by atoms with Crippen LogP contribution in [0.5, 0.6) is 5.88 Å². The molecule has 0 fully saturated rings. The van der Waals surface area contributed by atoms with Gasteiger partial charge in [-0.3, -0.25) is 0 Å².